The molecule has 0 atom stereocenters. The van der Waals surface area contributed by atoms with Gasteiger partial charge in [0.05, 0.1) is 18.8 Å². The average molecular weight is 355 g/mol. The van der Waals surface area contributed by atoms with Crippen LogP contribution in [0.25, 0.3) is 0 Å². The summed E-state index contributed by atoms with van der Waals surface area (Å²) in [6.45, 7) is 4.81. The molecule has 1 aliphatic rings. The number of morpholine rings is 1. The number of amides is 2. The van der Waals surface area contributed by atoms with Gasteiger partial charge in [-0.25, -0.2) is 8.78 Å². The highest BCUT2D eigenvalue weighted by Crippen LogP contribution is 2.09. The molecule has 1 heterocycles. The Hall–Kier alpha value is -2.06. The third-order valence-electron chi connectivity index (χ3n) is 3.90. The van der Waals surface area contributed by atoms with Crippen LogP contribution in [0.5, 0.6) is 0 Å². The first-order valence-corrected chi connectivity index (χ1v) is 8.36. The van der Waals surface area contributed by atoms with E-state index in [1.54, 1.807) is 0 Å². The number of rotatable bonds is 8. The summed E-state index contributed by atoms with van der Waals surface area (Å²) in [6, 6.07) is 2.79. The standard InChI is InChI=1S/C17H23F2N3O3/c18-13-3-4-14(15(19)12-13)17(24)21-5-1-2-16(23)20-6-7-22-8-10-25-11-9-22/h3-4,12H,1-2,5-11H2,(H,20,23)(H,21,24). The van der Waals surface area contributed by atoms with Gasteiger partial charge in [0.25, 0.3) is 5.91 Å². The van der Waals surface area contributed by atoms with Crippen molar-refractivity contribution in [2.75, 3.05) is 45.9 Å². The zero-order valence-electron chi connectivity index (χ0n) is 14.0. The Kier molecular flexibility index (Phi) is 7.75. The second-order valence-corrected chi connectivity index (χ2v) is 5.79. The Morgan fingerprint density at radius 3 is 2.60 bits per heavy atom. The molecule has 138 valence electrons. The normalized spacial score (nSPS) is 15.0. The van der Waals surface area contributed by atoms with Crippen LogP contribution in [0.1, 0.15) is 23.2 Å². The number of nitrogens with zero attached hydrogens (tertiary/aromatic N) is 1. The van der Waals surface area contributed by atoms with Gasteiger partial charge in [0.2, 0.25) is 5.91 Å². The van der Waals surface area contributed by atoms with Gasteiger partial charge >= 0.3 is 0 Å². The highest BCUT2D eigenvalue weighted by atomic mass is 19.1. The molecule has 0 aromatic heterocycles. The van der Waals surface area contributed by atoms with Gasteiger partial charge in [0.15, 0.2) is 0 Å². The molecule has 6 nitrogen and oxygen atoms in total. The molecule has 0 radical (unpaired) electrons. The fraction of sp³-hybridized carbons (Fsp3) is 0.529. The Morgan fingerprint density at radius 1 is 1.12 bits per heavy atom. The van der Waals surface area contributed by atoms with E-state index in [0.29, 0.717) is 19.0 Å². The smallest absolute Gasteiger partial charge is 0.254 e. The van der Waals surface area contributed by atoms with E-state index in [4.69, 9.17) is 4.74 Å². The fourth-order valence-corrected chi connectivity index (χ4v) is 2.49. The molecule has 2 N–H and O–H groups in total. The van der Waals surface area contributed by atoms with Gasteiger partial charge in [0.1, 0.15) is 11.6 Å². The first kappa shape index (κ1) is 19.3. The number of carbonyl (C=O) groups is 2. The van der Waals surface area contributed by atoms with Gasteiger partial charge in [-0.15, -0.1) is 0 Å². The third kappa shape index (κ3) is 6.75. The van der Waals surface area contributed by atoms with E-state index in [2.05, 4.69) is 15.5 Å². The molecule has 1 aromatic rings. The highest BCUT2D eigenvalue weighted by molar-refractivity contribution is 5.94. The molecule has 8 heteroatoms. The lowest BCUT2D eigenvalue weighted by molar-refractivity contribution is -0.121. The number of benzene rings is 1. The summed E-state index contributed by atoms with van der Waals surface area (Å²) in [5, 5.41) is 5.35. The maximum Gasteiger partial charge on any atom is 0.254 e. The topological polar surface area (TPSA) is 70.7 Å². The van der Waals surface area contributed by atoms with E-state index < -0.39 is 17.5 Å². The van der Waals surface area contributed by atoms with Crippen LogP contribution in [0.15, 0.2) is 18.2 Å². The van der Waals surface area contributed by atoms with Crippen molar-refractivity contribution < 1.29 is 23.1 Å². The first-order chi connectivity index (χ1) is 12.1. The minimum atomic E-state index is -0.904. The van der Waals surface area contributed by atoms with Crippen molar-refractivity contribution in [1.29, 1.82) is 0 Å². The van der Waals surface area contributed by atoms with E-state index in [1.165, 1.54) is 0 Å². The van der Waals surface area contributed by atoms with Crippen LogP contribution in [-0.2, 0) is 9.53 Å². The number of hydrogen-bond acceptors (Lipinski definition) is 4. The Bertz CT molecular complexity index is 593. The number of hydrogen-bond donors (Lipinski definition) is 2. The summed E-state index contributed by atoms with van der Waals surface area (Å²) in [4.78, 5) is 25.7. The van der Waals surface area contributed by atoms with Gasteiger partial charge in [-0.1, -0.05) is 0 Å². The lowest BCUT2D eigenvalue weighted by Crippen LogP contribution is -2.41. The van der Waals surface area contributed by atoms with Gasteiger partial charge in [-0.2, -0.15) is 0 Å². The van der Waals surface area contributed by atoms with Crippen molar-refractivity contribution in [3.63, 3.8) is 0 Å². The van der Waals surface area contributed by atoms with Crippen molar-refractivity contribution >= 4 is 11.8 Å². The average Bonchev–Trinajstić information content (AvgIpc) is 2.59. The van der Waals surface area contributed by atoms with Crippen LogP contribution in [0.2, 0.25) is 0 Å². The number of halogens is 2. The summed E-state index contributed by atoms with van der Waals surface area (Å²) in [5.74, 6) is -2.35. The van der Waals surface area contributed by atoms with Crippen LogP contribution in [-0.4, -0.2) is 62.7 Å². The second-order valence-electron chi connectivity index (χ2n) is 5.79. The van der Waals surface area contributed by atoms with Crippen molar-refractivity contribution in [3.05, 3.63) is 35.4 Å². The Morgan fingerprint density at radius 2 is 1.88 bits per heavy atom. The van der Waals surface area contributed by atoms with Crippen molar-refractivity contribution in [2.24, 2.45) is 0 Å². The van der Waals surface area contributed by atoms with Gasteiger partial charge in [0, 0.05) is 45.2 Å². The molecule has 1 saturated heterocycles. The zero-order chi connectivity index (χ0) is 18.1. The van der Waals surface area contributed by atoms with Crippen molar-refractivity contribution in [2.45, 2.75) is 12.8 Å². The predicted molar refractivity (Wildman–Crippen MR) is 88.2 cm³/mol. The molecule has 0 unspecified atom stereocenters. The molecular formula is C17H23F2N3O3. The SMILES string of the molecule is O=C(CCCNC(=O)c1ccc(F)cc1F)NCCN1CCOCC1. The predicted octanol–water partition coefficient (Wildman–Crippen LogP) is 0.923. The molecule has 0 bridgehead atoms. The molecular weight excluding hydrogens is 332 g/mol. The molecule has 0 aliphatic carbocycles. The van der Waals surface area contributed by atoms with Gasteiger partial charge < -0.3 is 15.4 Å². The molecule has 2 rings (SSSR count). The Labute approximate surface area is 145 Å². The summed E-state index contributed by atoms with van der Waals surface area (Å²) in [5.41, 5.74) is -0.212. The number of nitrogens with one attached hydrogen (secondary N) is 2. The van der Waals surface area contributed by atoms with E-state index in [-0.39, 0.29) is 24.4 Å². The van der Waals surface area contributed by atoms with Crippen molar-refractivity contribution in [3.8, 4) is 0 Å². The van der Waals surface area contributed by atoms with E-state index in [0.717, 1.165) is 45.0 Å². The van der Waals surface area contributed by atoms with Crippen LogP contribution < -0.4 is 10.6 Å². The van der Waals surface area contributed by atoms with Crippen LogP contribution in [0, 0.1) is 11.6 Å². The molecule has 1 aliphatic heterocycles. The molecule has 1 aromatic carbocycles. The van der Waals surface area contributed by atoms with Gasteiger partial charge in [-0.05, 0) is 18.6 Å². The molecule has 0 saturated carbocycles. The van der Waals surface area contributed by atoms with E-state index in [1.807, 2.05) is 0 Å². The van der Waals surface area contributed by atoms with Crippen LogP contribution >= 0.6 is 0 Å². The second kappa shape index (κ2) is 10.0. The number of carbonyl (C=O) groups excluding carboxylic acids is 2. The quantitative estimate of drug-likeness (QED) is 0.681. The fourth-order valence-electron chi connectivity index (χ4n) is 2.49. The van der Waals surface area contributed by atoms with Crippen LogP contribution in [0.3, 0.4) is 0 Å². The summed E-state index contributed by atoms with van der Waals surface area (Å²) in [6.07, 6.45) is 0.716. The molecule has 1 fully saturated rings. The number of ether oxygens (including phenoxy) is 1. The largest absolute Gasteiger partial charge is 0.379 e. The monoisotopic (exact) mass is 355 g/mol. The zero-order valence-corrected chi connectivity index (χ0v) is 14.0. The maximum absolute atomic E-state index is 13.5. The third-order valence-corrected chi connectivity index (χ3v) is 3.90. The van der Waals surface area contributed by atoms with E-state index in [9.17, 15) is 18.4 Å². The van der Waals surface area contributed by atoms with Gasteiger partial charge in [-0.3, -0.25) is 14.5 Å². The molecule has 25 heavy (non-hydrogen) atoms. The highest BCUT2D eigenvalue weighted by Gasteiger charge is 2.12. The first-order valence-electron chi connectivity index (χ1n) is 8.36. The minimum Gasteiger partial charge on any atom is -0.379 e. The summed E-state index contributed by atoms with van der Waals surface area (Å²) < 4.78 is 31.5. The summed E-state index contributed by atoms with van der Waals surface area (Å²) >= 11 is 0. The Balaban J connectivity index is 1.57. The summed E-state index contributed by atoms with van der Waals surface area (Å²) in [7, 11) is 0. The minimum absolute atomic E-state index is 0.0875. The lowest BCUT2D eigenvalue weighted by atomic mass is 10.2. The van der Waals surface area contributed by atoms with E-state index >= 15 is 0 Å². The maximum atomic E-state index is 13.5. The van der Waals surface area contributed by atoms with Crippen molar-refractivity contribution in [1.82, 2.24) is 15.5 Å². The lowest BCUT2D eigenvalue weighted by Gasteiger charge is -2.26. The van der Waals surface area contributed by atoms with Crippen LogP contribution in [0.4, 0.5) is 8.78 Å². The molecule has 0 spiro atoms. The molecule has 2 amide bonds.